The Hall–Kier alpha value is -1.85. The molecule has 0 spiro atoms. The molecule has 0 aromatic carbocycles. The quantitative estimate of drug-likeness (QED) is 0.612. The van der Waals surface area contributed by atoms with Gasteiger partial charge in [-0.05, 0) is 0 Å². The number of anilines is 1. The minimum atomic E-state index is 0.336. The number of hydrogen-bond donors (Lipinski definition) is 1. The van der Waals surface area contributed by atoms with E-state index in [0.29, 0.717) is 11.8 Å². The number of hydrogen-bond acceptors (Lipinski definition) is 5. The predicted octanol–water partition coefficient (Wildman–Crippen LogP) is -0.163. The summed E-state index contributed by atoms with van der Waals surface area (Å²) in [6.45, 7) is 0. The first-order valence-electron chi connectivity index (χ1n) is 2.94. The van der Waals surface area contributed by atoms with Crippen molar-refractivity contribution in [3.8, 4) is 6.01 Å². The van der Waals surface area contributed by atoms with Gasteiger partial charge in [-0.1, -0.05) is 5.21 Å². The summed E-state index contributed by atoms with van der Waals surface area (Å²) in [5.41, 5.74) is 5.32. The number of nitrogens with two attached hydrogens (primary N) is 1. The zero-order valence-electron chi connectivity index (χ0n) is 5.51. The molecule has 0 unspecified atom stereocenters. The molecule has 0 bridgehead atoms. The zero-order chi connectivity index (χ0) is 7.68. The molecule has 0 saturated heterocycles. The Morgan fingerprint density at radius 2 is 2.45 bits per heavy atom. The topological polar surface area (TPSA) is 82.8 Å². The number of aromatic nitrogens is 4. The molecule has 0 saturated carbocycles. The van der Waals surface area contributed by atoms with Gasteiger partial charge >= 0.3 is 6.01 Å². The summed E-state index contributed by atoms with van der Waals surface area (Å²) in [6, 6.07) is 0.356. The minimum absolute atomic E-state index is 0.336. The zero-order valence-corrected chi connectivity index (χ0v) is 5.51. The Balaban J connectivity index is 2.45. The van der Waals surface area contributed by atoms with Crippen LogP contribution in [0.4, 0.5) is 5.82 Å². The number of oxazole rings is 1. The third-order valence-corrected chi connectivity index (χ3v) is 1.13. The van der Waals surface area contributed by atoms with Gasteiger partial charge in [-0.3, -0.25) is 0 Å². The van der Waals surface area contributed by atoms with Crippen LogP contribution in [0.5, 0.6) is 0 Å². The summed E-state index contributed by atoms with van der Waals surface area (Å²) in [5, 5.41) is 7.21. The van der Waals surface area contributed by atoms with Crippen molar-refractivity contribution in [1.82, 2.24) is 20.0 Å². The van der Waals surface area contributed by atoms with E-state index in [4.69, 9.17) is 10.2 Å². The molecule has 56 valence electrons. The number of nitrogens with zero attached hydrogens (tertiary/aromatic N) is 4. The van der Waals surface area contributed by atoms with Gasteiger partial charge in [0.1, 0.15) is 6.26 Å². The van der Waals surface area contributed by atoms with Crippen molar-refractivity contribution in [2.45, 2.75) is 0 Å². The van der Waals surface area contributed by atoms with Crippen molar-refractivity contribution in [2.75, 3.05) is 5.73 Å². The highest BCUT2D eigenvalue weighted by atomic mass is 16.4. The van der Waals surface area contributed by atoms with Gasteiger partial charge < -0.3 is 10.2 Å². The second-order valence-electron chi connectivity index (χ2n) is 1.90. The van der Waals surface area contributed by atoms with Crippen LogP contribution in [-0.4, -0.2) is 20.0 Å². The predicted molar refractivity (Wildman–Crippen MR) is 35.8 cm³/mol. The monoisotopic (exact) mass is 151 g/mol. The summed E-state index contributed by atoms with van der Waals surface area (Å²) in [4.78, 5) is 3.84. The third kappa shape index (κ3) is 0.936. The van der Waals surface area contributed by atoms with Crippen molar-refractivity contribution in [3.05, 3.63) is 18.7 Å². The van der Waals surface area contributed by atoms with Gasteiger partial charge in [0.15, 0.2) is 5.82 Å². The first kappa shape index (κ1) is 5.90. The highest BCUT2D eigenvalue weighted by molar-refractivity contribution is 5.22. The smallest absolute Gasteiger partial charge is 0.324 e. The van der Waals surface area contributed by atoms with Crippen LogP contribution in [0.15, 0.2) is 23.1 Å². The Morgan fingerprint density at radius 1 is 1.55 bits per heavy atom. The summed E-state index contributed by atoms with van der Waals surface area (Å²) in [5.74, 6) is 0.336. The van der Waals surface area contributed by atoms with Crippen molar-refractivity contribution in [1.29, 1.82) is 0 Å². The highest BCUT2D eigenvalue weighted by Gasteiger charge is 2.01. The van der Waals surface area contributed by atoms with E-state index in [1.54, 1.807) is 0 Å². The molecule has 0 atom stereocenters. The van der Waals surface area contributed by atoms with E-state index in [2.05, 4.69) is 15.3 Å². The fraction of sp³-hybridized carbons (Fsp3) is 0. The lowest BCUT2D eigenvalue weighted by Gasteiger charge is -1.87. The van der Waals surface area contributed by atoms with Crippen molar-refractivity contribution < 1.29 is 4.42 Å². The van der Waals surface area contributed by atoms with E-state index in [1.165, 1.54) is 23.3 Å². The molecule has 2 aromatic rings. The van der Waals surface area contributed by atoms with E-state index in [-0.39, 0.29) is 0 Å². The summed E-state index contributed by atoms with van der Waals surface area (Å²) in [7, 11) is 0. The van der Waals surface area contributed by atoms with Gasteiger partial charge in [-0.25, -0.2) is 4.98 Å². The molecule has 6 nitrogen and oxygen atoms in total. The fourth-order valence-corrected chi connectivity index (χ4v) is 0.699. The fourth-order valence-electron chi connectivity index (χ4n) is 0.699. The van der Waals surface area contributed by atoms with Gasteiger partial charge in [-0.15, -0.1) is 5.10 Å². The van der Waals surface area contributed by atoms with E-state index in [9.17, 15) is 0 Å². The number of nitrogen functional groups attached to an aromatic ring is 1. The Labute approximate surface area is 61.6 Å². The van der Waals surface area contributed by atoms with Crippen molar-refractivity contribution in [3.63, 3.8) is 0 Å². The first-order chi connectivity index (χ1) is 5.36. The molecule has 0 aliphatic carbocycles. The molecule has 0 aliphatic rings. The van der Waals surface area contributed by atoms with Gasteiger partial charge in [0.2, 0.25) is 0 Å². The highest BCUT2D eigenvalue weighted by Crippen LogP contribution is 2.02. The average molecular weight is 151 g/mol. The lowest BCUT2D eigenvalue weighted by molar-refractivity contribution is 0.504. The van der Waals surface area contributed by atoms with Crippen molar-refractivity contribution in [2.24, 2.45) is 0 Å². The second kappa shape index (κ2) is 2.08. The van der Waals surface area contributed by atoms with Gasteiger partial charge in [-0.2, -0.15) is 4.68 Å². The first-order valence-corrected chi connectivity index (χ1v) is 2.94. The normalized spacial score (nSPS) is 10.2. The third-order valence-electron chi connectivity index (χ3n) is 1.13. The molecule has 2 heterocycles. The van der Waals surface area contributed by atoms with Gasteiger partial charge in [0.05, 0.1) is 12.4 Å². The molecule has 2 rings (SSSR count). The molecule has 0 amide bonds. The largest absolute Gasteiger partial charge is 0.431 e. The molecular formula is C5H5N5O. The van der Waals surface area contributed by atoms with Crippen LogP contribution in [-0.2, 0) is 0 Å². The van der Waals surface area contributed by atoms with Gasteiger partial charge in [0.25, 0.3) is 0 Å². The maximum Gasteiger partial charge on any atom is 0.324 e. The van der Waals surface area contributed by atoms with Crippen LogP contribution in [0.1, 0.15) is 0 Å². The molecular weight excluding hydrogens is 146 g/mol. The Kier molecular flexibility index (Phi) is 1.12. The average Bonchev–Trinajstić information content (AvgIpc) is 2.55. The summed E-state index contributed by atoms with van der Waals surface area (Å²) < 4.78 is 6.28. The van der Waals surface area contributed by atoms with E-state index < -0.39 is 0 Å². The molecule has 0 radical (unpaired) electrons. The lowest BCUT2D eigenvalue weighted by Crippen LogP contribution is -1.93. The van der Waals surface area contributed by atoms with Crippen molar-refractivity contribution >= 4 is 5.82 Å². The molecule has 2 aromatic heterocycles. The van der Waals surface area contributed by atoms with Crippen LogP contribution in [0.25, 0.3) is 6.01 Å². The maximum atomic E-state index is 5.32. The molecule has 6 heteroatoms. The minimum Gasteiger partial charge on any atom is -0.431 e. The summed E-state index contributed by atoms with van der Waals surface area (Å²) in [6.07, 6.45) is 4.49. The second-order valence-corrected chi connectivity index (χ2v) is 1.90. The van der Waals surface area contributed by atoms with E-state index >= 15 is 0 Å². The van der Waals surface area contributed by atoms with Crippen LogP contribution in [0, 0.1) is 0 Å². The molecule has 0 fully saturated rings. The van der Waals surface area contributed by atoms with Crippen LogP contribution < -0.4 is 5.73 Å². The van der Waals surface area contributed by atoms with Crippen LogP contribution >= 0.6 is 0 Å². The number of rotatable bonds is 1. The Morgan fingerprint density at radius 3 is 3.00 bits per heavy atom. The van der Waals surface area contributed by atoms with Crippen LogP contribution in [0.2, 0.25) is 0 Å². The maximum absolute atomic E-state index is 5.32. The molecule has 0 aliphatic heterocycles. The van der Waals surface area contributed by atoms with E-state index in [0.717, 1.165) is 0 Å². The SMILES string of the molecule is Nc1cn(-c2ncco2)nn1. The molecule has 2 N–H and O–H groups in total. The summed E-state index contributed by atoms with van der Waals surface area (Å²) >= 11 is 0. The van der Waals surface area contributed by atoms with Crippen LogP contribution in [0.3, 0.4) is 0 Å². The Bertz CT molecular complexity index is 337. The standard InChI is InChI=1S/C5H5N5O/c6-4-3-10(9-8-4)5-7-1-2-11-5/h1-3H,6H2. The lowest BCUT2D eigenvalue weighted by atomic mass is 10.8. The molecule has 11 heavy (non-hydrogen) atoms. The van der Waals surface area contributed by atoms with E-state index in [1.807, 2.05) is 0 Å². The van der Waals surface area contributed by atoms with Gasteiger partial charge in [0, 0.05) is 0 Å².